The van der Waals surface area contributed by atoms with Gasteiger partial charge in [-0.05, 0) is 68.6 Å². The Morgan fingerprint density at radius 1 is 1.23 bits per heavy atom. The predicted octanol–water partition coefficient (Wildman–Crippen LogP) is 3.95. The van der Waals surface area contributed by atoms with Crippen LogP contribution in [0.1, 0.15) is 66.3 Å². The van der Waals surface area contributed by atoms with E-state index in [2.05, 4.69) is 15.2 Å². The first-order valence-electron chi connectivity index (χ1n) is 13.6. The van der Waals surface area contributed by atoms with Crippen molar-refractivity contribution in [1.82, 2.24) is 19.3 Å². The Morgan fingerprint density at radius 2 is 1.97 bits per heavy atom. The first-order chi connectivity index (χ1) is 18.7. The fourth-order valence-electron chi connectivity index (χ4n) is 7.24. The molecule has 9 nitrogen and oxygen atoms in total. The number of aromatic nitrogens is 4. The number of aryl methyl sites for hydroxylation is 2. The highest BCUT2D eigenvalue weighted by Gasteiger charge is 2.52. The van der Waals surface area contributed by atoms with E-state index in [1.54, 1.807) is 22.6 Å². The molecular weight excluding hydrogens is 523 g/mol. The quantitative estimate of drug-likeness (QED) is 0.424. The topological polar surface area (TPSA) is 108 Å². The molecule has 1 amide bonds. The zero-order valence-electron chi connectivity index (χ0n) is 22.1. The standard InChI is InChI=1S/C28H34ClFN6O3/c1-34-15-31-25(26(34)27(38)32-19-5-6-22(30)21(29)10-19)16-8-17-12-28(39,13-18(17)9-16)23-11-24(33-35(23)2)36-7-3-4-20(36)14-37/h5-6,10-11,15-18,20,37,39H,3-4,7-9,12-14H2,1-2H3,(H,32,38). The van der Waals surface area contributed by atoms with Crippen molar-refractivity contribution >= 4 is 29.0 Å². The number of amides is 1. The second-order valence-corrected chi connectivity index (χ2v) is 11.9. The molecule has 3 atom stereocenters. The van der Waals surface area contributed by atoms with Crippen LogP contribution in [0.25, 0.3) is 0 Å². The Hall–Kier alpha value is -2.95. The highest BCUT2D eigenvalue weighted by atomic mass is 35.5. The van der Waals surface area contributed by atoms with Gasteiger partial charge in [0.25, 0.3) is 5.91 Å². The lowest BCUT2D eigenvalue weighted by atomic mass is 9.90. The molecule has 2 aromatic heterocycles. The highest BCUT2D eigenvalue weighted by Crippen LogP contribution is 2.57. The minimum atomic E-state index is -0.957. The number of benzene rings is 1. The molecule has 3 heterocycles. The molecule has 1 aliphatic heterocycles. The Morgan fingerprint density at radius 3 is 2.67 bits per heavy atom. The van der Waals surface area contributed by atoms with E-state index in [0.29, 0.717) is 36.1 Å². The monoisotopic (exact) mass is 556 g/mol. The van der Waals surface area contributed by atoms with E-state index in [4.69, 9.17) is 16.7 Å². The lowest BCUT2D eigenvalue weighted by molar-refractivity contribution is 0.0263. The van der Waals surface area contributed by atoms with Gasteiger partial charge < -0.3 is 25.0 Å². The van der Waals surface area contributed by atoms with Gasteiger partial charge in [-0.3, -0.25) is 9.48 Å². The number of fused-ring (bicyclic) bond motifs is 1. The summed E-state index contributed by atoms with van der Waals surface area (Å²) in [5.41, 5.74) is 1.52. The maximum Gasteiger partial charge on any atom is 0.274 e. The first-order valence-corrected chi connectivity index (χ1v) is 14.0. The number of anilines is 2. The number of hydrogen-bond acceptors (Lipinski definition) is 6. The number of nitrogens with one attached hydrogen (secondary N) is 1. The summed E-state index contributed by atoms with van der Waals surface area (Å²) in [5, 5.41) is 29.0. The van der Waals surface area contributed by atoms with E-state index in [1.807, 2.05) is 13.1 Å². The van der Waals surface area contributed by atoms with Gasteiger partial charge in [0.05, 0.1) is 35.4 Å². The summed E-state index contributed by atoms with van der Waals surface area (Å²) in [7, 11) is 3.67. The summed E-state index contributed by atoms with van der Waals surface area (Å²) in [4.78, 5) is 20.0. The van der Waals surface area contributed by atoms with Crippen LogP contribution >= 0.6 is 11.6 Å². The second kappa shape index (κ2) is 9.91. The third-order valence-corrected chi connectivity index (χ3v) is 9.30. The fraction of sp³-hybridized carbons (Fsp3) is 0.536. The van der Waals surface area contributed by atoms with Gasteiger partial charge in [0.15, 0.2) is 5.82 Å². The van der Waals surface area contributed by atoms with E-state index in [-0.39, 0.29) is 29.5 Å². The van der Waals surface area contributed by atoms with Gasteiger partial charge in [-0.15, -0.1) is 0 Å². The SMILES string of the molecule is Cn1cnc(C2CC3CC(O)(c4cc(N5CCCC5CO)nn4C)CC3C2)c1C(=O)Nc1ccc(F)c(Cl)c1. The van der Waals surface area contributed by atoms with Crippen LogP contribution in [-0.2, 0) is 19.7 Å². The molecule has 6 rings (SSSR count). The van der Waals surface area contributed by atoms with Crippen LogP contribution in [0.5, 0.6) is 0 Å². The number of halogens is 2. The molecule has 1 aromatic carbocycles. The van der Waals surface area contributed by atoms with E-state index < -0.39 is 11.4 Å². The van der Waals surface area contributed by atoms with Gasteiger partial charge in [-0.2, -0.15) is 5.10 Å². The molecule has 208 valence electrons. The van der Waals surface area contributed by atoms with Crippen LogP contribution in [0.4, 0.5) is 15.9 Å². The van der Waals surface area contributed by atoms with Crippen molar-refractivity contribution in [3.05, 3.63) is 58.5 Å². The van der Waals surface area contributed by atoms with Gasteiger partial charge in [0, 0.05) is 38.3 Å². The number of carbonyl (C=O) groups is 1. The van der Waals surface area contributed by atoms with Crippen LogP contribution in [0, 0.1) is 17.7 Å². The molecule has 2 aliphatic carbocycles. The van der Waals surface area contributed by atoms with E-state index in [0.717, 1.165) is 49.4 Å². The molecule has 39 heavy (non-hydrogen) atoms. The summed E-state index contributed by atoms with van der Waals surface area (Å²) in [6.45, 7) is 0.966. The van der Waals surface area contributed by atoms with Crippen molar-refractivity contribution in [3.8, 4) is 0 Å². The molecule has 2 saturated carbocycles. The molecule has 0 bridgehead atoms. The Balaban J connectivity index is 1.17. The maximum absolute atomic E-state index is 13.5. The molecule has 3 unspecified atom stereocenters. The summed E-state index contributed by atoms with van der Waals surface area (Å²) in [6, 6.07) is 6.17. The lowest BCUT2D eigenvalue weighted by Gasteiger charge is -2.25. The number of imidazole rings is 1. The minimum absolute atomic E-state index is 0.0525. The third-order valence-electron chi connectivity index (χ3n) is 9.01. The van der Waals surface area contributed by atoms with Crippen molar-refractivity contribution in [2.75, 3.05) is 23.4 Å². The fourth-order valence-corrected chi connectivity index (χ4v) is 7.42. The summed E-state index contributed by atoms with van der Waals surface area (Å²) in [5.74, 6) is 0.695. The van der Waals surface area contributed by atoms with E-state index in [9.17, 15) is 19.4 Å². The summed E-state index contributed by atoms with van der Waals surface area (Å²) >= 11 is 5.89. The van der Waals surface area contributed by atoms with Crippen LogP contribution in [-0.4, -0.2) is 54.6 Å². The number of carbonyl (C=O) groups excluding carboxylic acids is 1. The largest absolute Gasteiger partial charge is 0.394 e. The Labute approximate surface area is 231 Å². The molecule has 3 aromatic rings. The van der Waals surface area contributed by atoms with Crippen LogP contribution < -0.4 is 10.2 Å². The van der Waals surface area contributed by atoms with Gasteiger partial charge in [-0.25, -0.2) is 9.37 Å². The molecule has 11 heteroatoms. The molecular formula is C28H34ClFN6O3. The van der Waals surface area contributed by atoms with Gasteiger partial charge in [0.1, 0.15) is 17.1 Å². The second-order valence-electron chi connectivity index (χ2n) is 11.5. The average Bonchev–Trinajstić information content (AvgIpc) is 3.69. The van der Waals surface area contributed by atoms with Crippen LogP contribution in [0.15, 0.2) is 30.6 Å². The smallest absolute Gasteiger partial charge is 0.274 e. The zero-order valence-corrected chi connectivity index (χ0v) is 22.9. The summed E-state index contributed by atoms with van der Waals surface area (Å²) < 4.78 is 17.1. The first kappa shape index (κ1) is 26.3. The normalized spacial score (nSPS) is 28.3. The van der Waals surface area contributed by atoms with Gasteiger partial charge >= 0.3 is 0 Å². The van der Waals surface area contributed by atoms with Gasteiger partial charge in [-0.1, -0.05) is 11.6 Å². The minimum Gasteiger partial charge on any atom is -0.394 e. The Kier molecular flexibility index (Phi) is 6.68. The summed E-state index contributed by atoms with van der Waals surface area (Å²) in [6.07, 6.45) is 6.59. The molecule has 3 aliphatic rings. The third kappa shape index (κ3) is 4.62. The van der Waals surface area contributed by atoms with Gasteiger partial charge in [0.2, 0.25) is 0 Å². The molecule has 3 fully saturated rings. The number of nitrogens with zero attached hydrogens (tertiary/aromatic N) is 5. The molecule has 0 radical (unpaired) electrons. The lowest BCUT2D eigenvalue weighted by Crippen LogP contribution is -2.32. The molecule has 1 saturated heterocycles. The van der Waals surface area contributed by atoms with Crippen molar-refractivity contribution in [3.63, 3.8) is 0 Å². The predicted molar refractivity (Wildman–Crippen MR) is 145 cm³/mol. The maximum atomic E-state index is 13.5. The number of hydrogen-bond donors (Lipinski definition) is 3. The number of rotatable bonds is 6. The van der Waals surface area contributed by atoms with E-state index >= 15 is 0 Å². The van der Waals surface area contributed by atoms with Crippen molar-refractivity contribution < 1.29 is 19.4 Å². The van der Waals surface area contributed by atoms with Crippen molar-refractivity contribution in [2.45, 2.75) is 56.1 Å². The number of aliphatic hydroxyl groups excluding tert-OH is 1. The molecule has 3 N–H and O–H groups in total. The average molecular weight is 557 g/mol. The Bertz CT molecular complexity index is 1390. The van der Waals surface area contributed by atoms with E-state index in [1.165, 1.54) is 18.2 Å². The molecule has 0 spiro atoms. The number of aliphatic hydroxyl groups is 2. The zero-order chi connectivity index (χ0) is 27.5. The van der Waals surface area contributed by atoms with Crippen molar-refractivity contribution in [2.24, 2.45) is 25.9 Å². The van der Waals surface area contributed by atoms with Crippen molar-refractivity contribution in [1.29, 1.82) is 0 Å². The van der Waals surface area contributed by atoms with Crippen LogP contribution in [0.3, 0.4) is 0 Å². The highest BCUT2D eigenvalue weighted by molar-refractivity contribution is 6.31. The van der Waals surface area contributed by atoms with Crippen LogP contribution in [0.2, 0.25) is 5.02 Å².